The molecule has 0 bridgehead atoms. The summed E-state index contributed by atoms with van der Waals surface area (Å²) in [6, 6.07) is 6.00. The van der Waals surface area contributed by atoms with Gasteiger partial charge in [-0.1, -0.05) is 0 Å². The fourth-order valence-electron chi connectivity index (χ4n) is 1.98. The minimum absolute atomic E-state index is 0.179. The molecule has 100 valence electrons. The second-order valence-corrected chi connectivity index (χ2v) is 4.63. The van der Waals surface area contributed by atoms with Gasteiger partial charge in [0, 0.05) is 18.4 Å². The summed E-state index contributed by atoms with van der Waals surface area (Å²) in [5.74, 6) is 1.90. The van der Waals surface area contributed by atoms with E-state index in [-0.39, 0.29) is 5.78 Å². The molecule has 1 heterocycles. The standard InChI is InChI=1S/C15H18N2O2/c1-10-8-12(5-6-14(10)19-3)13-9-16-15(17-13)7-4-11(2)18/h5-6,8-9H,4,7H2,1-3H3,(H,16,17). The highest BCUT2D eigenvalue weighted by atomic mass is 16.5. The van der Waals surface area contributed by atoms with Gasteiger partial charge in [-0.3, -0.25) is 0 Å². The van der Waals surface area contributed by atoms with Crippen LogP contribution in [0.15, 0.2) is 24.4 Å². The summed E-state index contributed by atoms with van der Waals surface area (Å²) < 4.78 is 5.24. The van der Waals surface area contributed by atoms with Gasteiger partial charge in [-0.05, 0) is 37.6 Å². The van der Waals surface area contributed by atoms with Gasteiger partial charge >= 0.3 is 0 Å². The fourth-order valence-corrected chi connectivity index (χ4v) is 1.98. The maximum absolute atomic E-state index is 11.0. The Morgan fingerprint density at radius 1 is 1.42 bits per heavy atom. The number of methoxy groups -OCH3 is 1. The summed E-state index contributed by atoms with van der Waals surface area (Å²) in [6.45, 7) is 3.60. The van der Waals surface area contributed by atoms with Crippen LogP contribution in [0.3, 0.4) is 0 Å². The number of aryl methyl sites for hydroxylation is 2. The minimum atomic E-state index is 0.179. The lowest BCUT2D eigenvalue weighted by Crippen LogP contribution is -1.95. The smallest absolute Gasteiger partial charge is 0.130 e. The van der Waals surface area contributed by atoms with Crippen molar-refractivity contribution in [3.05, 3.63) is 35.8 Å². The van der Waals surface area contributed by atoms with Crippen LogP contribution in [0, 0.1) is 6.92 Å². The summed E-state index contributed by atoms with van der Waals surface area (Å²) in [6.07, 6.45) is 2.98. The lowest BCUT2D eigenvalue weighted by molar-refractivity contribution is -0.117. The van der Waals surface area contributed by atoms with Crippen molar-refractivity contribution in [2.75, 3.05) is 7.11 Å². The molecule has 0 aliphatic carbocycles. The predicted molar refractivity (Wildman–Crippen MR) is 74.3 cm³/mol. The van der Waals surface area contributed by atoms with Gasteiger partial charge in [0.05, 0.1) is 19.0 Å². The van der Waals surface area contributed by atoms with E-state index >= 15 is 0 Å². The Morgan fingerprint density at radius 2 is 2.21 bits per heavy atom. The monoisotopic (exact) mass is 258 g/mol. The average Bonchev–Trinajstić information content (AvgIpc) is 2.85. The summed E-state index contributed by atoms with van der Waals surface area (Å²) in [7, 11) is 1.66. The van der Waals surface area contributed by atoms with Gasteiger partial charge in [0.25, 0.3) is 0 Å². The highest BCUT2D eigenvalue weighted by molar-refractivity contribution is 5.75. The first-order valence-corrected chi connectivity index (χ1v) is 6.28. The van der Waals surface area contributed by atoms with Crippen LogP contribution in [0.5, 0.6) is 5.75 Å². The van der Waals surface area contributed by atoms with Crippen molar-refractivity contribution >= 4 is 5.78 Å². The zero-order valence-corrected chi connectivity index (χ0v) is 11.5. The number of rotatable bonds is 5. The Balaban J connectivity index is 2.18. The van der Waals surface area contributed by atoms with E-state index in [1.165, 1.54) is 0 Å². The Morgan fingerprint density at radius 3 is 2.84 bits per heavy atom. The van der Waals surface area contributed by atoms with Gasteiger partial charge in [-0.15, -0.1) is 0 Å². The molecule has 4 nitrogen and oxygen atoms in total. The van der Waals surface area contributed by atoms with Crippen LogP contribution in [-0.2, 0) is 11.2 Å². The van der Waals surface area contributed by atoms with Crippen LogP contribution < -0.4 is 4.74 Å². The summed E-state index contributed by atoms with van der Waals surface area (Å²) in [5.41, 5.74) is 3.11. The molecule has 1 N–H and O–H groups in total. The molecule has 0 amide bonds. The number of ether oxygens (including phenoxy) is 1. The van der Waals surface area contributed by atoms with Crippen molar-refractivity contribution in [1.82, 2.24) is 9.97 Å². The molecule has 0 aliphatic heterocycles. The van der Waals surface area contributed by atoms with Gasteiger partial charge in [0.2, 0.25) is 0 Å². The molecule has 19 heavy (non-hydrogen) atoms. The number of ketones is 1. The molecule has 0 aliphatic rings. The van der Waals surface area contributed by atoms with Crippen molar-refractivity contribution in [2.45, 2.75) is 26.7 Å². The van der Waals surface area contributed by atoms with E-state index in [1.807, 2.05) is 19.1 Å². The number of benzene rings is 1. The van der Waals surface area contributed by atoms with E-state index < -0.39 is 0 Å². The first kappa shape index (κ1) is 13.3. The highest BCUT2D eigenvalue weighted by Gasteiger charge is 2.06. The van der Waals surface area contributed by atoms with E-state index in [9.17, 15) is 4.79 Å². The van der Waals surface area contributed by atoms with E-state index in [1.54, 1.807) is 20.2 Å². The zero-order chi connectivity index (χ0) is 13.8. The van der Waals surface area contributed by atoms with Gasteiger partial charge in [0.15, 0.2) is 0 Å². The van der Waals surface area contributed by atoms with Crippen molar-refractivity contribution < 1.29 is 9.53 Å². The fraction of sp³-hybridized carbons (Fsp3) is 0.333. The molecule has 0 atom stereocenters. The predicted octanol–water partition coefficient (Wildman–Crippen LogP) is 2.92. The molecule has 0 fully saturated rings. The maximum Gasteiger partial charge on any atom is 0.130 e. The number of H-pyrrole nitrogens is 1. The Labute approximate surface area is 112 Å². The Hall–Kier alpha value is -2.10. The number of nitrogens with zero attached hydrogens (tertiary/aromatic N) is 1. The number of carbonyl (C=O) groups excluding carboxylic acids is 1. The molecule has 0 saturated carbocycles. The number of hydrogen-bond donors (Lipinski definition) is 1. The molecule has 2 rings (SSSR count). The lowest BCUT2D eigenvalue weighted by atomic mass is 10.1. The third-order valence-electron chi connectivity index (χ3n) is 3.05. The number of nitrogens with one attached hydrogen (secondary N) is 1. The first-order chi connectivity index (χ1) is 9.10. The number of hydrogen-bond acceptors (Lipinski definition) is 3. The van der Waals surface area contributed by atoms with E-state index in [0.29, 0.717) is 12.8 Å². The van der Waals surface area contributed by atoms with Crippen LogP contribution in [0.2, 0.25) is 0 Å². The molecule has 1 aromatic heterocycles. The summed E-state index contributed by atoms with van der Waals surface area (Å²) >= 11 is 0. The van der Waals surface area contributed by atoms with Crippen molar-refractivity contribution in [3.63, 3.8) is 0 Å². The second-order valence-electron chi connectivity index (χ2n) is 4.63. The topological polar surface area (TPSA) is 55.0 Å². The van der Waals surface area contributed by atoms with Crippen molar-refractivity contribution in [2.24, 2.45) is 0 Å². The van der Waals surface area contributed by atoms with Gasteiger partial charge in [0.1, 0.15) is 17.4 Å². The number of imidazole rings is 1. The zero-order valence-electron chi connectivity index (χ0n) is 11.5. The number of carbonyl (C=O) groups is 1. The van der Waals surface area contributed by atoms with Gasteiger partial charge in [-0.25, -0.2) is 4.98 Å². The largest absolute Gasteiger partial charge is 0.496 e. The number of Topliss-reactive ketones (excluding diaryl/α,β-unsaturated/α-hetero) is 1. The minimum Gasteiger partial charge on any atom is -0.496 e. The van der Waals surface area contributed by atoms with E-state index in [0.717, 1.165) is 28.4 Å². The molecule has 0 radical (unpaired) electrons. The molecule has 0 spiro atoms. The first-order valence-electron chi connectivity index (χ1n) is 6.28. The second kappa shape index (κ2) is 5.69. The average molecular weight is 258 g/mol. The van der Waals surface area contributed by atoms with Crippen LogP contribution >= 0.6 is 0 Å². The molecular formula is C15H18N2O2. The summed E-state index contributed by atoms with van der Waals surface area (Å²) in [5, 5.41) is 0. The van der Waals surface area contributed by atoms with Crippen molar-refractivity contribution in [1.29, 1.82) is 0 Å². The van der Waals surface area contributed by atoms with Gasteiger partial charge < -0.3 is 14.5 Å². The Bertz CT molecular complexity index is 588. The van der Waals surface area contributed by atoms with Crippen LogP contribution in [0.4, 0.5) is 0 Å². The number of aromatic nitrogens is 2. The SMILES string of the molecule is COc1ccc(-c2cnc(CCC(C)=O)[nH]2)cc1C. The van der Waals surface area contributed by atoms with Crippen LogP contribution in [-0.4, -0.2) is 22.9 Å². The van der Waals surface area contributed by atoms with Gasteiger partial charge in [-0.2, -0.15) is 0 Å². The Kier molecular flexibility index (Phi) is 4.00. The third-order valence-corrected chi connectivity index (χ3v) is 3.05. The molecular weight excluding hydrogens is 240 g/mol. The molecule has 4 heteroatoms. The normalized spacial score (nSPS) is 10.5. The number of aromatic amines is 1. The molecule has 2 aromatic rings. The van der Waals surface area contributed by atoms with E-state index in [2.05, 4.69) is 16.0 Å². The van der Waals surface area contributed by atoms with Crippen LogP contribution in [0.1, 0.15) is 24.7 Å². The summed E-state index contributed by atoms with van der Waals surface area (Å²) in [4.78, 5) is 18.5. The quantitative estimate of drug-likeness (QED) is 0.897. The maximum atomic E-state index is 11.0. The molecule has 0 saturated heterocycles. The van der Waals surface area contributed by atoms with E-state index in [4.69, 9.17) is 4.74 Å². The van der Waals surface area contributed by atoms with Crippen LogP contribution in [0.25, 0.3) is 11.3 Å². The molecule has 0 unspecified atom stereocenters. The van der Waals surface area contributed by atoms with Crippen molar-refractivity contribution in [3.8, 4) is 17.0 Å². The molecule has 1 aromatic carbocycles. The third kappa shape index (κ3) is 3.22. The highest BCUT2D eigenvalue weighted by Crippen LogP contribution is 2.24. The lowest BCUT2D eigenvalue weighted by Gasteiger charge is -2.05.